The van der Waals surface area contributed by atoms with Gasteiger partial charge in [-0.1, -0.05) is 33.8 Å². The summed E-state index contributed by atoms with van der Waals surface area (Å²) in [6.45, 7) is 13.5. The third kappa shape index (κ3) is 10.0. The summed E-state index contributed by atoms with van der Waals surface area (Å²) < 4.78 is 0. The number of hydrogen-bond acceptors (Lipinski definition) is 2. The van der Waals surface area contributed by atoms with Gasteiger partial charge in [0.05, 0.1) is 0 Å². The number of likely N-dealkylation sites (N-methyl/N-ethyl adjacent to an activating group) is 1. The first-order valence-corrected chi connectivity index (χ1v) is 6.80. The molecule has 1 heterocycles. The van der Waals surface area contributed by atoms with E-state index < -0.39 is 0 Å². The lowest BCUT2D eigenvalue weighted by Crippen LogP contribution is -2.28. The molecule has 0 N–H and O–H groups in total. The van der Waals surface area contributed by atoms with E-state index in [1.807, 2.05) is 46.0 Å². The van der Waals surface area contributed by atoms with Gasteiger partial charge in [-0.25, -0.2) is 0 Å². The SMILES string of the molecule is CC.CC.CC(C)N(C)CCc1ccccn1. The van der Waals surface area contributed by atoms with Crippen LogP contribution in [0.2, 0.25) is 0 Å². The van der Waals surface area contributed by atoms with Crippen molar-refractivity contribution in [2.45, 2.75) is 54.0 Å². The van der Waals surface area contributed by atoms with E-state index in [4.69, 9.17) is 0 Å². The van der Waals surface area contributed by atoms with Crippen molar-refractivity contribution < 1.29 is 0 Å². The van der Waals surface area contributed by atoms with E-state index in [1.165, 1.54) is 5.69 Å². The second-order valence-electron chi connectivity index (χ2n) is 3.65. The lowest BCUT2D eigenvalue weighted by atomic mass is 10.2. The Labute approximate surface area is 108 Å². The van der Waals surface area contributed by atoms with Crippen LogP contribution >= 0.6 is 0 Å². The summed E-state index contributed by atoms with van der Waals surface area (Å²) in [4.78, 5) is 6.61. The molecular formula is C15H30N2. The molecule has 2 heteroatoms. The molecule has 0 aliphatic rings. The predicted molar refractivity (Wildman–Crippen MR) is 78.4 cm³/mol. The summed E-state index contributed by atoms with van der Waals surface area (Å²) in [5.41, 5.74) is 1.18. The average molecular weight is 238 g/mol. The van der Waals surface area contributed by atoms with Crippen LogP contribution in [0.15, 0.2) is 24.4 Å². The lowest BCUT2D eigenvalue weighted by Gasteiger charge is -2.20. The molecule has 0 atom stereocenters. The Morgan fingerprint density at radius 1 is 1.12 bits per heavy atom. The molecule has 17 heavy (non-hydrogen) atoms. The molecular weight excluding hydrogens is 208 g/mol. The van der Waals surface area contributed by atoms with Crippen molar-refractivity contribution in [3.05, 3.63) is 30.1 Å². The average Bonchev–Trinajstić information content (AvgIpc) is 2.41. The molecule has 0 fully saturated rings. The maximum absolute atomic E-state index is 4.28. The van der Waals surface area contributed by atoms with E-state index in [1.54, 1.807) is 0 Å². The fraction of sp³-hybridized carbons (Fsp3) is 0.667. The van der Waals surface area contributed by atoms with Crippen LogP contribution < -0.4 is 0 Å². The zero-order chi connectivity index (χ0) is 13.7. The van der Waals surface area contributed by atoms with Gasteiger partial charge in [-0.15, -0.1) is 0 Å². The molecule has 0 spiro atoms. The highest BCUT2D eigenvalue weighted by Crippen LogP contribution is 1.99. The molecule has 0 saturated heterocycles. The van der Waals surface area contributed by atoms with Crippen LogP contribution in [0.3, 0.4) is 0 Å². The smallest absolute Gasteiger partial charge is 0.0416 e. The highest BCUT2D eigenvalue weighted by atomic mass is 15.1. The van der Waals surface area contributed by atoms with Crippen molar-refractivity contribution >= 4 is 0 Å². The van der Waals surface area contributed by atoms with Gasteiger partial charge in [-0.05, 0) is 33.0 Å². The summed E-state index contributed by atoms with van der Waals surface area (Å²) >= 11 is 0. The van der Waals surface area contributed by atoms with Crippen molar-refractivity contribution in [1.82, 2.24) is 9.88 Å². The minimum absolute atomic E-state index is 0.615. The fourth-order valence-electron chi connectivity index (χ4n) is 1.10. The normalized spacial score (nSPS) is 9.24. The van der Waals surface area contributed by atoms with Gasteiger partial charge in [0.1, 0.15) is 0 Å². The predicted octanol–water partition coefficient (Wildman–Crippen LogP) is 4.02. The number of pyridine rings is 1. The first-order valence-electron chi connectivity index (χ1n) is 6.80. The van der Waals surface area contributed by atoms with E-state index in [-0.39, 0.29) is 0 Å². The first kappa shape index (κ1) is 18.5. The second kappa shape index (κ2) is 13.2. The van der Waals surface area contributed by atoms with Crippen LogP contribution in [0.5, 0.6) is 0 Å². The molecule has 0 saturated carbocycles. The Morgan fingerprint density at radius 2 is 1.71 bits per heavy atom. The van der Waals surface area contributed by atoms with E-state index >= 15 is 0 Å². The molecule has 0 aliphatic heterocycles. The zero-order valence-corrected chi connectivity index (χ0v) is 12.7. The molecule has 100 valence electrons. The molecule has 0 unspecified atom stereocenters. The maximum Gasteiger partial charge on any atom is 0.0416 e. The summed E-state index contributed by atoms with van der Waals surface area (Å²) in [5, 5.41) is 0. The zero-order valence-electron chi connectivity index (χ0n) is 12.7. The molecule has 2 nitrogen and oxygen atoms in total. The van der Waals surface area contributed by atoms with Crippen molar-refractivity contribution in [2.75, 3.05) is 13.6 Å². The molecule has 1 aromatic heterocycles. The molecule has 1 rings (SSSR count). The Kier molecular flexibility index (Phi) is 14.3. The van der Waals surface area contributed by atoms with Gasteiger partial charge in [0.25, 0.3) is 0 Å². The van der Waals surface area contributed by atoms with Crippen LogP contribution in [-0.2, 0) is 6.42 Å². The molecule has 0 amide bonds. The summed E-state index contributed by atoms with van der Waals surface area (Å²) in [5.74, 6) is 0. The number of rotatable bonds is 4. The lowest BCUT2D eigenvalue weighted by molar-refractivity contribution is 0.276. The molecule has 0 bridgehead atoms. The van der Waals surface area contributed by atoms with Crippen LogP contribution in [0.25, 0.3) is 0 Å². The maximum atomic E-state index is 4.28. The molecule has 0 aliphatic carbocycles. The number of nitrogens with zero attached hydrogens (tertiary/aromatic N) is 2. The fourth-order valence-corrected chi connectivity index (χ4v) is 1.10. The highest BCUT2D eigenvalue weighted by molar-refractivity contribution is 5.03. The Morgan fingerprint density at radius 3 is 2.12 bits per heavy atom. The Bertz CT molecular complexity index is 232. The van der Waals surface area contributed by atoms with Gasteiger partial charge in [-0.3, -0.25) is 4.98 Å². The number of aromatic nitrogens is 1. The standard InChI is InChI=1S/C11H18N2.2C2H6/c1-10(2)13(3)9-7-11-6-4-5-8-12-11;2*1-2/h4-6,8,10H,7,9H2,1-3H3;2*1-2H3. The number of hydrogen-bond donors (Lipinski definition) is 0. The van der Waals surface area contributed by atoms with Gasteiger partial charge >= 0.3 is 0 Å². The van der Waals surface area contributed by atoms with Gasteiger partial charge in [-0.2, -0.15) is 0 Å². The summed E-state index contributed by atoms with van der Waals surface area (Å²) in [6.07, 6.45) is 2.89. The summed E-state index contributed by atoms with van der Waals surface area (Å²) in [7, 11) is 2.15. The van der Waals surface area contributed by atoms with Crippen LogP contribution in [0.1, 0.15) is 47.2 Å². The third-order valence-corrected chi connectivity index (χ3v) is 2.33. The van der Waals surface area contributed by atoms with Crippen LogP contribution in [-0.4, -0.2) is 29.5 Å². The van der Waals surface area contributed by atoms with Gasteiger partial charge in [0, 0.05) is 30.9 Å². The first-order chi connectivity index (χ1) is 8.20. The van der Waals surface area contributed by atoms with Crippen LogP contribution in [0.4, 0.5) is 0 Å². The van der Waals surface area contributed by atoms with Gasteiger partial charge in [0.2, 0.25) is 0 Å². The largest absolute Gasteiger partial charge is 0.304 e. The third-order valence-electron chi connectivity index (χ3n) is 2.33. The van der Waals surface area contributed by atoms with E-state index in [0.717, 1.165) is 13.0 Å². The van der Waals surface area contributed by atoms with E-state index in [0.29, 0.717) is 6.04 Å². The Balaban J connectivity index is 0. The minimum atomic E-state index is 0.615. The topological polar surface area (TPSA) is 16.1 Å². The highest BCUT2D eigenvalue weighted by Gasteiger charge is 2.02. The Hall–Kier alpha value is -0.890. The monoisotopic (exact) mass is 238 g/mol. The van der Waals surface area contributed by atoms with E-state index in [2.05, 4.69) is 36.8 Å². The quantitative estimate of drug-likeness (QED) is 0.787. The van der Waals surface area contributed by atoms with Crippen molar-refractivity contribution in [2.24, 2.45) is 0 Å². The van der Waals surface area contributed by atoms with E-state index in [9.17, 15) is 0 Å². The molecule has 0 radical (unpaired) electrons. The molecule has 0 aromatic carbocycles. The second-order valence-corrected chi connectivity index (χ2v) is 3.65. The van der Waals surface area contributed by atoms with Gasteiger partial charge < -0.3 is 4.90 Å². The van der Waals surface area contributed by atoms with Crippen molar-refractivity contribution in [3.63, 3.8) is 0 Å². The summed E-state index contributed by atoms with van der Waals surface area (Å²) in [6, 6.07) is 6.69. The van der Waals surface area contributed by atoms with Crippen molar-refractivity contribution in [3.8, 4) is 0 Å². The minimum Gasteiger partial charge on any atom is -0.304 e. The van der Waals surface area contributed by atoms with Crippen molar-refractivity contribution in [1.29, 1.82) is 0 Å². The molecule has 1 aromatic rings. The van der Waals surface area contributed by atoms with Crippen LogP contribution in [0, 0.1) is 0 Å². The van der Waals surface area contributed by atoms with Gasteiger partial charge in [0.15, 0.2) is 0 Å².